The van der Waals surface area contributed by atoms with Crippen LogP contribution < -0.4 is 10.1 Å². The first-order valence-electron chi connectivity index (χ1n) is 6.78. The third-order valence-corrected chi connectivity index (χ3v) is 3.19. The van der Waals surface area contributed by atoms with E-state index < -0.39 is 6.04 Å². The molecule has 0 aliphatic carbocycles. The summed E-state index contributed by atoms with van der Waals surface area (Å²) in [6.07, 6.45) is 3.38. The average molecular weight is 277 g/mol. The van der Waals surface area contributed by atoms with E-state index in [2.05, 4.69) is 10.3 Å². The van der Waals surface area contributed by atoms with Gasteiger partial charge in [-0.3, -0.25) is 14.5 Å². The van der Waals surface area contributed by atoms with E-state index in [4.69, 9.17) is 4.74 Å². The number of aromatic nitrogens is 1. The number of pyridine rings is 1. The van der Waals surface area contributed by atoms with Gasteiger partial charge in [-0.25, -0.2) is 4.98 Å². The van der Waals surface area contributed by atoms with Crippen LogP contribution in [0.25, 0.3) is 0 Å². The van der Waals surface area contributed by atoms with Gasteiger partial charge in [-0.05, 0) is 25.0 Å². The highest BCUT2D eigenvalue weighted by atomic mass is 16.5. The van der Waals surface area contributed by atoms with Crippen LogP contribution in [-0.2, 0) is 9.59 Å². The zero-order valence-corrected chi connectivity index (χ0v) is 11.8. The van der Waals surface area contributed by atoms with E-state index in [1.165, 1.54) is 7.05 Å². The monoisotopic (exact) mass is 277 g/mol. The number of likely N-dealkylation sites (N-methyl/N-ethyl adjacent to an activating group) is 1. The Morgan fingerprint density at radius 1 is 1.50 bits per heavy atom. The lowest BCUT2D eigenvalue weighted by Gasteiger charge is -2.28. The average Bonchev–Trinajstić information content (AvgIpc) is 2.47. The van der Waals surface area contributed by atoms with Gasteiger partial charge in [0, 0.05) is 19.7 Å². The van der Waals surface area contributed by atoms with Gasteiger partial charge in [-0.2, -0.15) is 0 Å². The SMILES string of the molecule is CCCOc1cccnc1NC1CCC(=O)N(C)C1=O. The summed E-state index contributed by atoms with van der Waals surface area (Å²) < 4.78 is 5.59. The van der Waals surface area contributed by atoms with E-state index in [-0.39, 0.29) is 11.8 Å². The minimum atomic E-state index is -0.434. The normalized spacial score (nSPS) is 19.1. The first kappa shape index (κ1) is 14.3. The van der Waals surface area contributed by atoms with Crippen molar-refractivity contribution in [1.29, 1.82) is 0 Å². The van der Waals surface area contributed by atoms with Crippen LogP contribution >= 0.6 is 0 Å². The van der Waals surface area contributed by atoms with Crippen molar-refractivity contribution in [2.45, 2.75) is 32.2 Å². The molecule has 0 spiro atoms. The minimum absolute atomic E-state index is 0.142. The van der Waals surface area contributed by atoms with Crippen molar-refractivity contribution in [3.05, 3.63) is 18.3 Å². The molecule has 6 nitrogen and oxygen atoms in total. The molecule has 6 heteroatoms. The number of imide groups is 1. The molecule has 2 amide bonds. The molecule has 108 valence electrons. The quantitative estimate of drug-likeness (QED) is 0.824. The smallest absolute Gasteiger partial charge is 0.251 e. The summed E-state index contributed by atoms with van der Waals surface area (Å²) in [6, 6.07) is 3.17. The number of piperidine rings is 1. The molecular formula is C14H19N3O3. The maximum atomic E-state index is 12.0. The molecule has 1 saturated heterocycles. The number of likely N-dealkylation sites (tertiary alicyclic amines) is 1. The van der Waals surface area contributed by atoms with Crippen molar-refractivity contribution in [3.63, 3.8) is 0 Å². The van der Waals surface area contributed by atoms with Crippen LogP contribution in [0.2, 0.25) is 0 Å². The predicted octanol–water partition coefficient (Wildman–Crippen LogP) is 1.43. The number of hydrogen-bond donors (Lipinski definition) is 1. The van der Waals surface area contributed by atoms with Gasteiger partial charge in [0.25, 0.3) is 5.91 Å². The summed E-state index contributed by atoms with van der Waals surface area (Å²) in [5.41, 5.74) is 0. The highest BCUT2D eigenvalue weighted by molar-refractivity contribution is 6.01. The van der Waals surface area contributed by atoms with Gasteiger partial charge in [-0.1, -0.05) is 6.92 Å². The maximum Gasteiger partial charge on any atom is 0.251 e. The minimum Gasteiger partial charge on any atom is -0.490 e. The predicted molar refractivity (Wildman–Crippen MR) is 74.4 cm³/mol. The summed E-state index contributed by atoms with van der Waals surface area (Å²) in [7, 11) is 1.51. The molecule has 1 aromatic heterocycles. The Kier molecular flexibility index (Phi) is 4.55. The van der Waals surface area contributed by atoms with Gasteiger partial charge < -0.3 is 10.1 Å². The van der Waals surface area contributed by atoms with Crippen LogP contribution in [0.15, 0.2) is 18.3 Å². The van der Waals surface area contributed by atoms with E-state index in [9.17, 15) is 9.59 Å². The van der Waals surface area contributed by atoms with Crippen molar-refractivity contribution < 1.29 is 14.3 Å². The molecule has 2 rings (SSSR count). The van der Waals surface area contributed by atoms with Gasteiger partial charge in [-0.15, -0.1) is 0 Å². The van der Waals surface area contributed by atoms with Crippen molar-refractivity contribution in [1.82, 2.24) is 9.88 Å². The fourth-order valence-electron chi connectivity index (χ4n) is 2.04. The second kappa shape index (κ2) is 6.36. The fourth-order valence-corrected chi connectivity index (χ4v) is 2.04. The Bertz CT molecular complexity index is 504. The number of nitrogens with one attached hydrogen (secondary N) is 1. The van der Waals surface area contributed by atoms with Gasteiger partial charge in [0.05, 0.1) is 6.61 Å². The summed E-state index contributed by atoms with van der Waals surface area (Å²) in [5, 5.41) is 3.08. The first-order chi connectivity index (χ1) is 9.63. The number of carbonyl (C=O) groups excluding carboxylic acids is 2. The highest BCUT2D eigenvalue weighted by Crippen LogP contribution is 2.24. The molecular weight excluding hydrogens is 258 g/mol. The van der Waals surface area contributed by atoms with Crippen molar-refractivity contribution in [2.75, 3.05) is 19.0 Å². The number of nitrogens with zero attached hydrogens (tertiary/aromatic N) is 2. The van der Waals surface area contributed by atoms with E-state index >= 15 is 0 Å². The lowest BCUT2D eigenvalue weighted by molar-refractivity contribution is -0.146. The third kappa shape index (κ3) is 3.07. The maximum absolute atomic E-state index is 12.0. The van der Waals surface area contributed by atoms with E-state index in [1.807, 2.05) is 13.0 Å². The molecule has 1 aliphatic heterocycles. The molecule has 1 aliphatic rings. The Morgan fingerprint density at radius 2 is 2.30 bits per heavy atom. The first-order valence-corrected chi connectivity index (χ1v) is 6.78. The van der Waals surface area contributed by atoms with Crippen molar-refractivity contribution in [3.8, 4) is 5.75 Å². The number of amides is 2. The number of anilines is 1. The van der Waals surface area contributed by atoms with Gasteiger partial charge in [0.1, 0.15) is 6.04 Å². The van der Waals surface area contributed by atoms with Gasteiger partial charge in [0.2, 0.25) is 5.91 Å². The molecule has 0 aromatic carbocycles. The number of carbonyl (C=O) groups is 2. The Balaban J connectivity index is 2.10. The Hall–Kier alpha value is -2.11. The summed E-state index contributed by atoms with van der Waals surface area (Å²) >= 11 is 0. The van der Waals surface area contributed by atoms with Gasteiger partial charge >= 0.3 is 0 Å². The second-order valence-corrected chi connectivity index (χ2v) is 4.73. The van der Waals surface area contributed by atoms with Gasteiger partial charge in [0.15, 0.2) is 11.6 Å². The molecule has 0 saturated carbocycles. The number of ether oxygens (including phenoxy) is 1. The molecule has 1 atom stereocenters. The van der Waals surface area contributed by atoms with E-state index in [0.717, 1.165) is 11.3 Å². The van der Waals surface area contributed by atoms with Crippen molar-refractivity contribution >= 4 is 17.6 Å². The van der Waals surface area contributed by atoms with Crippen molar-refractivity contribution in [2.24, 2.45) is 0 Å². The topological polar surface area (TPSA) is 71.5 Å². The largest absolute Gasteiger partial charge is 0.490 e. The van der Waals surface area contributed by atoms with Crippen LogP contribution in [0.1, 0.15) is 26.2 Å². The zero-order chi connectivity index (χ0) is 14.5. The van der Waals surface area contributed by atoms with E-state index in [1.54, 1.807) is 12.3 Å². The molecule has 20 heavy (non-hydrogen) atoms. The van der Waals surface area contributed by atoms with Crippen LogP contribution in [0, 0.1) is 0 Å². The molecule has 0 bridgehead atoms. The zero-order valence-electron chi connectivity index (χ0n) is 11.8. The molecule has 1 fully saturated rings. The Morgan fingerprint density at radius 3 is 3.05 bits per heavy atom. The lowest BCUT2D eigenvalue weighted by atomic mass is 10.0. The molecule has 1 unspecified atom stereocenters. The van der Waals surface area contributed by atoms with Crippen LogP contribution in [-0.4, -0.2) is 41.4 Å². The fraction of sp³-hybridized carbons (Fsp3) is 0.500. The molecule has 2 heterocycles. The molecule has 1 N–H and O–H groups in total. The summed E-state index contributed by atoms with van der Waals surface area (Å²) in [5.74, 6) is 0.800. The molecule has 0 radical (unpaired) electrons. The summed E-state index contributed by atoms with van der Waals surface area (Å²) in [6.45, 7) is 2.62. The van der Waals surface area contributed by atoms with Crippen LogP contribution in [0.3, 0.4) is 0 Å². The standard InChI is InChI=1S/C14H19N3O3/c1-3-9-20-11-5-4-8-15-13(11)16-10-6-7-12(18)17(2)14(10)19/h4-5,8,10H,3,6-7,9H2,1-2H3,(H,15,16). The third-order valence-electron chi connectivity index (χ3n) is 3.19. The number of rotatable bonds is 5. The van der Waals surface area contributed by atoms with Crippen LogP contribution in [0.4, 0.5) is 5.82 Å². The van der Waals surface area contributed by atoms with Crippen LogP contribution in [0.5, 0.6) is 5.75 Å². The second-order valence-electron chi connectivity index (χ2n) is 4.73. The highest BCUT2D eigenvalue weighted by Gasteiger charge is 2.32. The van der Waals surface area contributed by atoms with E-state index in [0.29, 0.717) is 31.0 Å². The lowest BCUT2D eigenvalue weighted by Crippen LogP contribution is -2.48. The number of hydrogen-bond acceptors (Lipinski definition) is 5. The summed E-state index contributed by atoms with van der Waals surface area (Å²) in [4.78, 5) is 28.9. The Labute approximate surface area is 118 Å². The molecule has 1 aromatic rings.